The Hall–Kier alpha value is -1.29. The molecule has 0 spiro atoms. The Morgan fingerprint density at radius 2 is 2.00 bits per heavy atom. The van der Waals surface area contributed by atoms with Crippen LogP contribution in [0.25, 0.3) is 0 Å². The number of benzene rings is 2. The van der Waals surface area contributed by atoms with Gasteiger partial charge in [-0.15, -0.1) is 0 Å². The van der Waals surface area contributed by atoms with E-state index in [0.717, 1.165) is 0 Å². The fourth-order valence-electron chi connectivity index (χ4n) is 2.02. The van der Waals surface area contributed by atoms with Crippen LogP contribution in [0, 0.1) is 5.82 Å². The minimum absolute atomic E-state index is 0.126. The molecule has 1 N–H and O–H groups in total. The number of aliphatic hydroxyl groups excluding tert-OH is 1. The Kier molecular flexibility index (Phi) is 4.86. The quantitative estimate of drug-likeness (QED) is 0.905. The number of hydrogen-bond acceptors (Lipinski definition) is 2. The van der Waals surface area contributed by atoms with Crippen molar-refractivity contribution in [3.05, 3.63) is 63.4 Å². The van der Waals surface area contributed by atoms with Crippen molar-refractivity contribution < 1.29 is 14.2 Å². The number of halogens is 3. The van der Waals surface area contributed by atoms with Crippen molar-refractivity contribution in [2.24, 2.45) is 0 Å². The molecule has 20 heavy (non-hydrogen) atoms. The molecular formula is C15H13Cl2FO2. The summed E-state index contributed by atoms with van der Waals surface area (Å²) in [6, 6.07) is 9.38. The molecule has 0 radical (unpaired) electrons. The number of methoxy groups -OCH3 is 1. The molecule has 1 unspecified atom stereocenters. The van der Waals surface area contributed by atoms with Crippen LogP contribution in [0.15, 0.2) is 36.4 Å². The van der Waals surface area contributed by atoms with Crippen LogP contribution in [0.4, 0.5) is 4.39 Å². The van der Waals surface area contributed by atoms with Gasteiger partial charge >= 0.3 is 0 Å². The third-order valence-corrected chi connectivity index (χ3v) is 3.58. The smallest absolute Gasteiger partial charge is 0.132 e. The lowest BCUT2D eigenvalue weighted by atomic mass is 10.00. The highest BCUT2D eigenvalue weighted by Crippen LogP contribution is 2.32. The molecule has 2 aromatic carbocycles. The zero-order valence-corrected chi connectivity index (χ0v) is 12.2. The second-order valence-corrected chi connectivity index (χ2v) is 5.16. The summed E-state index contributed by atoms with van der Waals surface area (Å²) < 4.78 is 18.9. The molecule has 0 aromatic heterocycles. The molecule has 0 heterocycles. The lowest BCUT2D eigenvalue weighted by molar-refractivity contribution is 0.169. The normalized spacial score (nSPS) is 12.2. The summed E-state index contributed by atoms with van der Waals surface area (Å²) in [4.78, 5) is 0. The monoisotopic (exact) mass is 314 g/mol. The van der Waals surface area contributed by atoms with Gasteiger partial charge in [-0.05, 0) is 29.8 Å². The van der Waals surface area contributed by atoms with Crippen molar-refractivity contribution >= 4 is 23.2 Å². The number of hydrogen-bond donors (Lipinski definition) is 1. The highest BCUT2D eigenvalue weighted by Gasteiger charge is 2.19. The van der Waals surface area contributed by atoms with E-state index >= 15 is 0 Å². The standard InChI is InChI=1S/C15H13Cl2FO2/c1-20-14-4-2-3-12(18)15(14)13(19)7-9-5-6-10(16)8-11(9)17/h2-6,8,13,19H,7H2,1H3. The van der Waals surface area contributed by atoms with Gasteiger partial charge in [0.15, 0.2) is 0 Å². The SMILES string of the molecule is COc1cccc(F)c1C(O)Cc1ccc(Cl)cc1Cl. The minimum atomic E-state index is -1.05. The number of ether oxygens (including phenoxy) is 1. The summed E-state index contributed by atoms with van der Waals surface area (Å²) in [7, 11) is 1.43. The first-order chi connectivity index (χ1) is 9.52. The lowest BCUT2D eigenvalue weighted by Crippen LogP contribution is -2.07. The van der Waals surface area contributed by atoms with Crippen LogP contribution in [0.1, 0.15) is 17.2 Å². The van der Waals surface area contributed by atoms with Crippen molar-refractivity contribution in [1.82, 2.24) is 0 Å². The Bertz CT molecular complexity index is 617. The van der Waals surface area contributed by atoms with Crippen LogP contribution in [0.5, 0.6) is 5.75 Å². The van der Waals surface area contributed by atoms with Crippen molar-refractivity contribution in [3.63, 3.8) is 0 Å². The summed E-state index contributed by atoms with van der Waals surface area (Å²) in [6.45, 7) is 0. The topological polar surface area (TPSA) is 29.5 Å². The first kappa shape index (κ1) is 15.1. The van der Waals surface area contributed by atoms with Crippen LogP contribution in [-0.2, 0) is 6.42 Å². The molecular weight excluding hydrogens is 302 g/mol. The van der Waals surface area contributed by atoms with Gasteiger partial charge in [-0.1, -0.05) is 35.3 Å². The molecule has 1 atom stereocenters. The van der Waals surface area contributed by atoms with E-state index in [1.54, 1.807) is 24.3 Å². The van der Waals surface area contributed by atoms with Gasteiger partial charge < -0.3 is 9.84 Å². The van der Waals surface area contributed by atoms with Crippen molar-refractivity contribution in [3.8, 4) is 5.75 Å². The minimum Gasteiger partial charge on any atom is -0.496 e. The van der Waals surface area contributed by atoms with E-state index in [1.165, 1.54) is 19.2 Å². The largest absolute Gasteiger partial charge is 0.496 e. The van der Waals surface area contributed by atoms with Gasteiger partial charge in [0.25, 0.3) is 0 Å². The Labute approximate surface area is 126 Å². The molecule has 2 rings (SSSR count). The van der Waals surface area contributed by atoms with E-state index in [9.17, 15) is 9.50 Å². The van der Waals surface area contributed by atoms with E-state index in [1.807, 2.05) is 0 Å². The zero-order valence-electron chi connectivity index (χ0n) is 10.7. The van der Waals surface area contributed by atoms with Gasteiger partial charge in [-0.3, -0.25) is 0 Å². The highest BCUT2D eigenvalue weighted by molar-refractivity contribution is 6.35. The Balaban J connectivity index is 2.30. The highest BCUT2D eigenvalue weighted by atomic mass is 35.5. The van der Waals surface area contributed by atoms with Gasteiger partial charge in [0.05, 0.1) is 18.8 Å². The summed E-state index contributed by atoms with van der Waals surface area (Å²) in [5.74, 6) is -0.204. The summed E-state index contributed by atoms with van der Waals surface area (Å²) in [6.07, 6.45) is -0.877. The zero-order chi connectivity index (χ0) is 14.7. The molecule has 0 fully saturated rings. The van der Waals surface area contributed by atoms with Gasteiger partial charge in [0.2, 0.25) is 0 Å². The van der Waals surface area contributed by atoms with Crippen LogP contribution >= 0.6 is 23.2 Å². The fourth-order valence-corrected chi connectivity index (χ4v) is 2.50. The fraction of sp³-hybridized carbons (Fsp3) is 0.200. The predicted molar refractivity (Wildman–Crippen MR) is 78.1 cm³/mol. The van der Waals surface area contributed by atoms with Crippen LogP contribution in [0.3, 0.4) is 0 Å². The third kappa shape index (κ3) is 3.23. The maximum atomic E-state index is 13.9. The number of rotatable bonds is 4. The van der Waals surface area contributed by atoms with Gasteiger partial charge in [0.1, 0.15) is 11.6 Å². The van der Waals surface area contributed by atoms with Crippen LogP contribution in [0.2, 0.25) is 10.0 Å². The van der Waals surface area contributed by atoms with Crippen molar-refractivity contribution in [1.29, 1.82) is 0 Å². The van der Waals surface area contributed by atoms with Crippen molar-refractivity contribution in [2.45, 2.75) is 12.5 Å². The average molecular weight is 315 g/mol. The van der Waals surface area contributed by atoms with Crippen molar-refractivity contribution in [2.75, 3.05) is 7.11 Å². The molecule has 0 aliphatic carbocycles. The van der Waals surface area contributed by atoms with Gasteiger partial charge in [0, 0.05) is 16.5 Å². The number of aliphatic hydroxyl groups is 1. The molecule has 0 saturated heterocycles. The maximum absolute atomic E-state index is 13.9. The van der Waals surface area contributed by atoms with Gasteiger partial charge in [-0.2, -0.15) is 0 Å². The first-order valence-corrected chi connectivity index (χ1v) is 6.73. The van der Waals surface area contributed by atoms with E-state index < -0.39 is 11.9 Å². The van der Waals surface area contributed by atoms with E-state index in [4.69, 9.17) is 27.9 Å². The molecule has 2 nitrogen and oxygen atoms in total. The Morgan fingerprint density at radius 1 is 1.25 bits per heavy atom. The predicted octanol–water partition coefficient (Wildman–Crippen LogP) is 4.42. The summed E-state index contributed by atoms with van der Waals surface area (Å²) >= 11 is 11.9. The second kappa shape index (κ2) is 6.44. The molecule has 2 aromatic rings. The first-order valence-electron chi connectivity index (χ1n) is 5.97. The molecule has 0 saturated carbocycles. The van der Waals surface area contributed by atoms with Crippen LogP contribution in [-0.4, -0.2) is 12.2 Å². The molecule has 106 valence electrons. The second-order valence-electron chi connectivity index (χ2n) is 4.31. The average Bonchev–Trinajstić information content (AvgIpc) is 2.41. The van der Waals surface area contributed by atoms with E-state index in [-0.39, 0.29) is 12.0 Å². The molecule has 0 bridgehead atoms. The van der Waals surface area contributed by atoms with Gasteiger partial charge in [-0.25, -0.2) is 4.39 Å². The van der Waals surface area contributed by atoms with Crippen LogP contribution < -0.4 is 4.74 Å². The molecule has 0 aliphatic rings. The Morgan fingerprint density at radius 3 is 2.65 bits per heavy atom. The summed E-state index contributed by atoms with van der Waals surface area (Å²) in [5, 5.41) is 11.2. The third-order valence-electron chi connectivity index (χ3n) is 2.99. The van der Waals surface area contributed by atoms with E-state index in [2.05, 4.69) is 0 Å². The summed E-state index contributed by atoms with van der Waals surface area (Å²) in [5.41, 5.74) is 0.815. The molecule has 5 heteroatoms. The lowest BCUT2D eigenvalue weighted by Gasteiger charge is -2.16. The van der Waals surface area contributed by atoms with E-state index in [0.29, 0.717) is 21.4 Å². The maximum Gasteiger partial charge on any atom is 0.132 e. The molecule has 0 amide bonds. The molecule has 0 aliphatic heterocycles.